The van der Waals surface area contributed by atoms with Crippen LogP contribution in [-0.2, 0) is 27.1 Å². The molecule has 2 unspecified atom stereocenters. The van der Waals surface area contributed by atoms with Gasteiger partial charge in [0, 0.05) is 9.77 Å². The molecule has 0 saturated heterocycles. The number of anilines is 1. The van der Waals surface area contributed by atoms with E-state index in [1.54, 1.807) is 25.1 Å². The second-order valence-corrected chi connectivity index (χ2v) is 10.1. The van der Waals surface area contributed by atoms with Crippen LogP contribution in [0.2, 0.25) is 5.02 Å². The molecule has 0 aliphatic heterocycles. The van der Waals surface area contributed by atoms with E-state index < -0.39 is 23.9 Å². The smallest absolute Gasteiger partial charge is 0.341 e. The summed E-state index contributed by atoms with van der Waals surface area (Å²) in [4.78, 5) is 40.0. The first-order chi connectivity index (χ1) is 15.2. The number of halogens is 1. The molecule has 2 atom stereocenters. The lowest BCUT2D eigenvalue weighted by Gasteiger charge is -2.18. The molecule has 172 valence electrons. The Kier molecular flexibility index (Phi) is 8.25. The average molecular weight is 496 g/mol. The molecule has 0 fully saturated rings. The van der Waals surface area contributed by atoms with Crippen LogP contribution in [0.15, 0.2) is 23.1 Å². The van der Waals surface area contributed by atoms with Gasteiger partial charge in [0.1, 0.15) is 5.00 Å². The zero-order chi connectivity index (χ0) is 23.4. The van der Waals surface area contributed by atoms with Crippen molar-refractivity contribution in [3.8, 4) is 0 Å². The van der Waals surface area contributed by atoms with Gasteiger partial charge in [-0.3, -0.25) is 4.79 Å². The maximum absolute atomic E-state index is 12.8. The lowest BCUT2D eigenvalue weighted by molar-refractivity contribution is -0.123. The van der Waals surface area contributed by atoms with Gasteiger partial charge in [-0.1, -0.05) is 18.5 Å². The summed E-state index contributed by atoms with van der Waals surface area (Å²) in [6, 6.07) is 5.06. The monoisotopic (exact) mass is 495 g/mol. The average Bonchev–Trinajstić information content (AvgIpc) is 3.10. The Hall–Kier alpha value is -2.03. The van der Waals surface area contributed by atoms with Crippen molar-refractivity contribution in [3.05, 3.63) is 44.8 Å². The number of fused-ring (bicyclic) bond motifs is 1. The number of thiophene rings is 1. The van der Waals surface area contributed by atoms with Crippen molar-refractivity contribution in [2.45, 2.75) is 51.0 Å². The molecule has 1 heterocycles. The van der Waals surface area contributed by atoms with E-state index in [1.165, 1.54) is 30.0 Å². The number of thioether (sulfide) groups is 1. The van der Waals surface area contributed by atoms with Gasteiger partial charge in [0.05, 0.1) is 22.8 Å². The molecule has 1 amide bonds. The summed E-state index contributed by atoms with van der Waals surface area (Å²) in [5.74, 6) is -1.13. The van der Waals surface area contributed by atoms with E-state index >= 15 is 0 Å². The fraction of sp³-hybridized carbons (Fsp3) is 0.435. The van der Waals surface area contributed by atoms with E-state index in [1.807, 2.05) is 6.26 Å². The van der Waals surface area contributed by atoms with Crippen LogP contribution in [0.1, 0.15) is 58.3 Å². The van der Waals surface area contributed by atoms with Crippen LogP contribution < -0.4 is 5.32 Å². The zero-order valence-electron chi connectivity index (χ0n) is 18.5. The SMILES string of the molecule is CCOC(=O)c1c(NC(=O)C(C)OC(=O)c2cc(SC)ccc2Cl)sc2c1CCC(C)C2. The number of rotatable bonds is 7. The summed E-state index contributed by atoms with van der Waals surface area (Å²) in [7, 11) is 0. The summed E-state index contributed by atoms with van der Waals surface area (Å²) in [5, 5.41) is 3.48. The van der Waals surface area contributed by atoms with Crippen molar-refractivity contribution in [2.24, 2.45) is 5.92 Å². The van der Waals surface area contributed by atoms with Crippen molar-refractivity contribution in [1.29, 1.82) is 0 Å². The Balaban J connectivity index is 1.78. The van der Waals surface area contributed by atoms with Gasteiger partial charge in [-0.15, -0.1) is 23.1 Å². The number of amides is 1. The molecule has 0 bridgehead atoms. The van der Waals surface area contributed by atoms with E-state index in [0.717, 1.165) is 34.6 Å². The van der Waals surface area contributed by atoms with Gasteiger partial charge in [-0.2, -0.15) is 0 Å². The molecule has 1 aliphatic rings. The molecule has 9 heteroatoms. The predicted molar refractivity (Wildman–Crippen MR) is 128 cm³/mol. The number of hydrogen-bond donors (Lipinski definition) is 1. The Morgan fingerprint density at radius 2 is 2.06 bits per heavy atom. The number of benzene rings is 1. The molecule has 1 aromatic heterocycles. The van der Waals surface area contributed by atoms with E-state index in [4.69, 9.17) is 21.1 Å². The summed E-state index contributed by atoms with van der Waals surface area (Å²) in [6.07, 6.45) is 3.41. The van der Waals surface area contributed by atoms with Gasteiger partial charge in [0.25, 0.3) is 5.91 Å². The number of hydrogen-bond acceptors (Lipinski definition) is 7. The molecule has 1 aromatic carbocycles. The quantitative estimate of drug-likeness (QED) is 0.397. The van der Waals surface area contributed by atoms with Crippen molar-refractivity contribution in [2.75, 3.05) is 18.2 Å². The van der Waals surface area contributed by atoms with Gasteiger partial charge < -0.3 is 14.8 Å². The lowest BCUT2D eigenvalue weighted by atomic mass is 9.88. The number of esters is 2. The summed E-state index contributed by atoms with van der Waals surface area (Å²) in [6.45, 7) is 5.65. The van der Waals surface area contributed by atoms with Crippen LogP contribution in [-0.4, -0.2) is 36.8 Å². The second kappa shape index (κ2) is 10.7. The van der Waals surface area contributed by atoms with Crippen LogP contribution in [0.3, 0.4) is 0 Å². The first-order valence-electron chi connectivity index (χ1n) is 10.4. The standard InChI is InChI=1S/C23H26ClNO5S2/c1-5-29-23(28)19-15-8-6-12(2)10-18(15)32-21(19)25-20(26)13(3)30-22(27)16-11-14(31-4)7-9-17(16)24/h7,9,11-13H,5-6,8,10H2,1-4H3,(H,25,26). The molecule has 3 rings (SSSR count). The Morgan fingerprint density at radius 3 is 2.75 bits per heavy atom. The molecule has 0 radical (unpaired) electrons. The van der Waals surface area contributed by atoms with Crippen molar-refractivity contribution in [3.63, 3.8) is 0 Å². The van der Waals surface area contributed by atoms with Gasteiger partial charge in [-0.05, 0) is 69.0 Å². The van der Waals surface area contributed by atoms with Gasteiger partial charge in [0.15, 0.2) is 6.10 Å². The molecular weight excluding hydrogens is 470 g/mol. The molecule has 1 N–H and O–H groups in total. The third kappa shape index (κ3) is 5.47. The molecule has 2 aromatic rings. The third-order valence-corrected chi connectivity index (χ3v) is 7.50. The summed E-state index contributed by atoms with van der Waals surface area (Å²) < 4.78 is 10.6. The minimum Gasteiger partial charge on any atom is -0.462 e. The van der Waals surface area contributed by atoms with Crippen LogP contribution in [0, 0.1) is 5.92 Å². The second-order valence-electron chi connectivity index (χ2n) is 7.66. The Labute approximate surface area is 201 Å². The minimum absolute atomic E-state index is 0.200. The summed E-state index contributed by atoms with van der Waals surface area (Å²) >= 11 is 9.00. The number of carbonyl (C=O) groups excluding carboxylic acids is 3. The predicted octanol–water partition coefficient (Wildman–Crippen LogP) is 5.61. The van der Waals surface area contributed by atoms with E-state index in [2.05, 4.69) is 12.2 Å². The topological polar surface area (TPSA) is 81.7 Å². The number of carbonyl (C=O) groups is 3. The minimum atomic E-state index is -1.08. The number of ether oxygens (including phenoxy) is 2. The maximum Gasteiger partial charge on any atom is 0.341 e. The molecule has 6 nitrogen and oxygen atoms in total. The Bertz CT molecular complexity index is 1040. The maximum atomic E-state index is 12.8. The van der Waals surface area contributed by atoms with Crippen molar-refractivity contribution in [1.82, 2.24) is 0 Å². The highest BCUT2D eigenvalue weighted by molar-refractivity contribution is 7.98. The molecule has 32 heavy (non-hydrogen) atoms. The normalized spacial score (nSPS) is 16.1. The fourth-order valence-corrected chi connectivity index (χ4v) is 5.57. The van der Waals surface area contributed by atoms with Crippen LogP contribution in [0.25, 0.3) is 0 Å². The molecule has 0 saturated carbocycles. The first-order valence-corrected chi connectivity index (χ1v) is 12.8. The highest BCUT2D eigenvalue weighted by Gasteiger charge is 2.30. The van der Waals surface area contributed by atoms with Crippen LogP contribution in [0.4, 0.5) is 5.00 Å². The highest BCUT2D eigenvalue weighted by Crippen LogP contribution is 2.40. The zero-order valence-corrected chi connectivity index (χ0v) is 20.8. The Morgan fingerprint density at radius 1 is 1.31 bits per heavy atom. The van der Waals surface area contributed by atoms with E-state index in [0.29, 0.717) is 16.5 Å². The summed E-state index contributed by atoms with van der Waals surface area (Å²) in [5.41, 5.74) is 1.57. The van der Waals surface area contributed by atoms with Gasteiger partial charge in [-0.25, -0.2) is 9.59 Å². The van der Waals surface area contributed by atoms with Crippen LogP contribution in [0.5, 0.6) is 0 Å². The third-order valence-electron chi connectivity index (χ3n) is 5.27. The number of nitrogens with one attached hydrogen (secondary N) is 1. The fourth-order valence-electron chi connectivity index (χ4n) is 3.54. The van der Waals surface area contributed by atoms with E-state index in [-0.39, 0.29) is 17.2 Å². The largest absolute Gasteiger partial charge is 0.462 e. The lowest BCUT2D eigenvalue weighted by Crippen LogP contribution is -2.30. The first kappa shape index (κ1) is 24.6. The van der Waals surface area contributed by atoms with Crippen molar-refractivity contribution < 1.29 is 23.9 Å². The van der Waals surface area contributed by atoms with E-state index in [9.17, 15) is 14.4 Å². The molecular formula is C23H26ClNO5S2. The van der Waals surface area contributed by atoms with Crippen molar-refractivity contribution >= 4 is 57.5 Å². The molecule has 0 spiro atoms. The van der Waals surface area contributed by atoms with Gasteiger partial charge in [0.2, 0.25) is 0 Å². The van der Waals surface area contributed by atoms with Crippen LogP contribution >= 0.6 is 34.7 Å². The highest BCUT2D eigenvalue weighted by atomic mass is 35.5. The molecule has 1 aliphatic carbocycles. The van der Waals surface area contributed by atoms with Gasteiger partial charge >= 0.3 is 11.9 Å².